The maximum Gasteiger partial charge on any atom is 0.142 e. The van der Waals surface area contributed by atoms with Crippen LogP contribution in [0.3, 0.4) is 0 Å². The van der Waals surface area contributed by atoms with Crippen molar-refractivity contribution >= 4 is 23.0 Å². The van der Waals surface area contributed by atoms with Crippen molar-refractivity contribution < 1.29 is 9.59 Å². The van der Waals surface area contributed by atoms with Crippen molar-refractivity contribution in [2.45, 2.75) is 98.6 Å². The fourth-order valence-electron chi connectivity index (χ4n) is 8.24. The predicted molar refractivity (Wildman–Crippen MR) is 116 cm³/mol. The van der Waals surface area contributed by atoms with E-state index < -0.39 is 0 Å². The number of fused-ring (bicyclic) bond motifs is 4. The van der Waals surface area contributed by atoms with Crippen LogP contribution in [0.1, 0.15) is 86.5 Å². The molecule has 0 saturated heterocycles. The lowest BCUT2D eigenvalue weighted by molar-refractivity contribution is -0.127. The summed E-state index contributed by atoms with van der Waals surface area (Å²) in [5.41, 5.74) is 1.70. The average molecular weight is 397 g/mol. The van der Waals surface area contributed by atoms with Gasteiger partial charge < -0.3 is 0 Å². The van der Waals surface area contributed by atoms with E-state index in [0.717, 1.165) is 56.4 Å². The lowest BCUT2D eigenvalue weighted by atomic mass is 9.66. The van der Waals surface area contributed by atoms with E-state index in [-0.39, 0.29) is 33.7 Å². The van der Waals surface area contributed by atoms with Crippen LogP contribution in [0.4, 0.5) is 0 Å². The molecule has 5 aliphatic rings. The molecule has 4 heteroatoms. The number of Topliss-reactive ketones (excluding diaryl/α,β-unsaturated/α-hetero) is 2. The van der Waals surface area contributed by atoms with Crippen LogP contribution in [0.5, 0.6) is 0 Å². The Morgan fingerprint density at radius 3 is 1.45 bits per heavy atom. The third-order valence-electron chi connectivity index (χ3n) is 10.4. The first-order chi connectivity index (χ1) is 13.5. The summed E-state index contributed by atoms with van der Waals surface area (Å²) in [4.78, 5) is 35.8. The molecule has 5 saturated carbocycles. The molecule has 0 spiro atoms. The highest BCUT2D eigenvalue weighted by Crippen LogP contribution is 2.66. The monoisotopic (exact) mass is 396 g/mol. The zero-order valence-corrected chi connectivity index (χ0v) is 19.0. The molecule has 0 heterocycles. The molecule has 5 unspecified atom stereocenters. The molecule has 4 bridgehead atoms. The molecule has 5 fully saturated rings. The minimum atomic E-state index is -0.340. The minimum absolute atomic E-state index is 0.0290. The number of hydrogen-bond acceptors (Lipinski definition) is 4. The second-order valence-electron chi connectivity index (χ2n) is 11.8. The fraction of sp³-hybridized carbons (Fsp3) is 0.840. The molecule has 0 aromatic heterocycles. The number of rotatable bonds is 4. The third kappa shape index (κ3) is 2.16. The highest BCUT2D eigenvalue weighted by atomic mass is 16.1. The molecular weight excluding hydrogens is 360 g/mol. The first kappa shape index (κ1) is 19.6. The number of ketones is 2. The van der Waals surface area contributed by atoms with Gasteiger partial charge in [0.25, 0.3) is 0 Å². The molecule has 0 aromatic carbocycles. The van der Waals surface area contributed by atoms with Crippen LogP contribution in [0.15, 0.2) is 9.98 Å². The predicted octanol–water partition coefficient (Wildman–Crippen LogP) is 4.84. The summed E-state index contributed by atoms with van der Waals surface area (Å²) in [5.74, 6) is 1.77. The maximum atomic E-state index is 12.7. The first-order valence-electron chi connectivity index (χ1n) is 11.6. The zero-order valence-electron chi connectivity index (χ0n) is 19.0. The van der Waals surface area contributed by atoms with Gasteiger partial charge in [-0.3, -0.25) is 19.6 Å². The van der Waals surface area contributed by atoms with Gasteiger partial charge in [0.2, 0.25) is 0 Å². The van der Waals surface area contributed by atoms with Crippen LogP contribution in [-0.2, 0) is 9.59 Å². The number of carbonyl (C=O) groups is 2. The highest BCUT2D eigenvalue weighted by molar-refractivity contribution is 6.13. The summed E-state index contributed by atoms with van der Waals surface area (Å²) in [6.07, 6.45) is 7.18. The van der Waals surface area contributed by atoms with Gasteiger partial charge in [0, 0.05) is 11.4 Å². The molecule has 0 radical (unpaired) electrons. The Hall–Kier alpha value is -1.32. The quantitative estimate of drug-likeness (QED) is 0.683. The minimum Gasteiger partial charge on any atom is -0.299 e. The smallest absolute Gasteiger partial charge is 0.142 e. The van der Waals surface area contributed by atoms with Gasteiger partial charge in [-0.05, 0) is 81.5 Å². The Balaban J connectivity index is 1.42. The lowest BCUT2D eigenvalue weighted by Crippen LogP contribution is -2.42. The van der Waals surface area contributed by atoms with Crippen LogP contribution in [0.25, 0.3) is 0 Å². The summed E-state index contributed by atoms with van der Waals surface area (Å²) in [5, 5.41) is 0. The second kappa shape index (κ2) is 5.68. The third-order valence-corrected chi connectivity index (χ3v) is 10.4. The van der Waals surface area contributed by atoms with Gasteiger partial charge in [0.1, 0.15) is 11.6 Å². The number of hydrogen-bond donors (Lipinski definition) is 0. The molecule has 29 heavy (non-hydrogen) atoms. The van der Waals surface area contributed by atoms with Gasteiger partial charge in [0.15, 0.2) is 0 Å². The van der Waals surface area contributed by atoms with Crippen LogP contribution in [0.2, 0.25) is 0 Å². The van der Waals surface area contributed by atoms with Gasteiger partial charge in [-0.2, -0.15) is 0 Å². The van der Waals surface area contributed by atoms with Gasteiger partial charge in [-0.1, -0.05) is 27.7 Å². The Morgan fingerprint density at radius 2 is 1.14 bits per heavy atom. The van der Waals surface area contributed by atoms with Crippen molar-refractivity contribution in [1.82, 2.24) is 0 Å². The maximum absolute atomic E-state index is 12.7. The summed E-state index contributed by atoms with van der Waals surface area (Å²) in [6, 6.07) is 0.435. The van der Waals surface area contributed by atoms with E-state index in [1.807, 2.05) is 0 Å². The van der Waals surface area contributed by atoms with Gasteiger partial charge in [0.05, 0.1) is 22.9 Å². The fourth-order valence-corrected chi connectivity index (χ4v) is 8.24. The molecule has 6 atom stereocenters. The Morgan fingerprint density at radius 1 is 0.759 bits per heavy atom. The largest absolute Gasteiger partial charge is 0.299 e. The van der Waals surface area contributed by atoms with E-state index >= 15 is 0 Å². The summed E-state index contributed by atoms with van der Waals surface area (Å²) < 4.78 is 0. The second-order valence-corrected chi connectivity index (χ2v) is 11.8. The Labute approximate surface area is 175 Å². The molecule has 0 aliphatic heterocycles. The van der Waals surface area contributed by atoms with E-state index in [1.54, 1.807) is 13.8 Å². The molecule has 5 rings (SSSR count). The SMILES string of the molecule is CC(=O)C12CCC(CC1=NC1C[C@H]1N=C1CC3CCC1(C(C)=O)C3(C)C)C2(C)C. The summed E-state index contributed by atoms with van der Waals surface area (Å²) in [6.45, 7) is 12.6. The topological polar surface area (TPSA) is 58.9 Å². The van der Waals surface area contributed by atoms with Gasteiger partial charge in [-0.25, -0.2) is 0 Å². The van der Waals surface area contributed by atoms with E-state index in [9.17, 15) is 9.59 Å². The number of nitrogens with zero attached hydrogens (tertiary/aromatic N) is 2. The average Bonchev–Trinajstić information content (AvgIpc) is 3.07. The molecular formula is C25H36N2O2. The Kier molecular flexibility index (Phi) is 3.84. The van der Waals surface area contributed by atoms with Crippen molar-refractivity contribution in [2.24, 2.45) is 43.5 Å². The van der Waals surface area contributed by atoms with Gasteiger partial charge in [-0.15, -0.1) is 0 Å². The molecule has 0 N–H and O–H groups in total. The molecule has 0 amide bonds. The van der Waals surface area contributed by atoms with Crippen molar-refractivity contribution in [2.75, 3.05) is 0 Å². The molecule has 0 aromatic rings. The Bertz CT molecular complexity index is 796. The van der Waals surface area contributed by atoms with Gasteiger partial charge >= 0.3 is 0 Å². The van der Waals surface area contributed by atoms with Crippen molar-refractivity contribution in [3.05, 3.63) is 0 Å². The van der Waals surface area contributed by atoms with Crippen LogP contribution >= 0.6 is 0 Å². The van der Waals surface area contributed by atoms with Crippen molar-refractivity contribution in [3.63, 3.8) is 0 Å². The van der Waals surface area contributed by atoms with Crippen molar-refractivity contribution in [1.29, 1.82) is 0 Å². The van der Waals surface area contributed by atoms with Crippen molar-refractivity contribution in [3.8, 4) is 0 Å². The molecule has 158 valence electrons. The van der Waals surface area contributed by atoms with E-state index in [2.05, 4.69) is 27.7 Å². The van der Waals surface area contributed by atoms with Crippen LogP contribution in [0, 0.1) is 33.5 Å². The standard InChI is InChI=1S/C25H36N2O2/c1-14(28)24-9-7-16(22(24,3)4)11-20(24)26-18-13-19(18)27-21-12-17-8-10-25(21,15(2)29)23(17,5)6/h16-19H,7-13H2,1-6H3/t16?,17?,18-,19?,24?,25?/m1/s1. The van der Waals surface area contributed by atoms with E-state index in [0.29, 0.717) is 23.4 Å². The van der Waals surface area contributed by atoms with E-state index in [4.69, 9.17) is 9.98 Å². The zero-order chi connectivity index (χ0) is 21.0. The molecule has 4 nitrogen and oxygen atoms in total. The summed E-state index contributed by atoms with van der Waals surface area (Å²) in [7, 11) is 0. The highest BCUT2D eigenvalue weighted by Gasteiger charge is 2.67. The van der Waals surface area contributed by atoms with Crippen LogP contribution < -0.4 is 0 Å². The normalized spacial score (nSPS) is 48.6. The van der Waals surface area contributed by atoms with E-state index in [1.165, 1.54) is 0 Å². The van der Waals surface area contributed by atoms with Crippen LogP contribution in [-0.4, -0.2) is 35.1 Å². The summed E-state index contributed by atoms with van der Waals surface area (Å²) >= 11 is 0. The lowest BCUT2D eigenvalue weighted by Gasteiger charge is -2.36. The number of aliphatic imine (C=N–C) groups is 2. The first-order valence-corrected chi connectivity index (χ1v) is 11.6. The number of carbonyl (C=O) groups excluding carboxylic acids is 2. The molecule has 5 aliphatic carbocycles.